The molecule has 0 saturated carbocycles. The van der Waals surface area contributed by atoms with Crippen molar-refractivity contribution in [3.05, 3.63) is 75.1 Å². The van der Waals surface area contributed by atoms with E-state index in [2.05, 4.69) is 0 Å². The Morgan fingerprint density at radius 3 is 2.69 bits per heavy atom. The summed E-state index contributed by atoms with van der Waals surface area (Å²) >= 11 is 13.4. The van der Waals surface area contributed by atoms with Gasteiger partial charge < -0.3 is 9.84 Å². The number of halogens is 2. The first kappa shape index (κ1) is 18.5. The van der Waals surface area contributed by atoms with Crippen LogP contribution in [0.25, 0.3) is 16.5 Å². The van der Waals surface area contributed by atoms with E-state index in [-0.39, 0.29) is 27.1 Å². The van der Waals surface area contributed by atoms with Gasteiger partial charge in [0.2, 0.25) is 0 Å². The van der Waals surface area contributed by atoms with Crippen LogP contribution in [0.4, 0.5) is 0 Å². The number of phenols is 1. The molecule has 3 aromatic rings. The van der Waals surface area contributed by atoms with Crippen molar-refractivity contribution >= 4 is 46.4 Å². The van der Waals surface area contributed by atoms with Crippen molar-refractivity contribution in [2.45, 2.75) is 0 Å². The van der Waals surface area contributed by atoms with E-state index in [1.165, 1.54) is 18.2 Å². The zero-order chi connectivity index (χ0) is 18.7. The van der Waals surface area contributed by atoms with Crippen molar-refractivity contribution in [3.8, 4) is 21.9 Å². The van der Waals surface area contributed by atoms with Crippen molar-refractivity contribution in [2.24, 2.45) is 0 Å². The number of carbonyl (C=O) groups is 1. The minimum absolute atomic E-state index is 0.0387. The van der Waals surface area contributed by atoms with Crippen LogP contribution in [0.3, 0.4) is 0 Å². The Bertz CT molecular complexity index is 979. The van der Waals surface area contributed by atoms with Gasteiger partial charge in [0.25, 0.3) is 0 Å². The fourth-order valence-corrected chi connectivity index (χ4v) is 3.50. The molecule has 0 amide bonds. The largest absolute Gasteiger partial charge is 0.506 e. The van der Waals surface area contributed by atoms with E-state index < -0.39 is 0 Å². The van der Waals surface area contributed by atoms with Gasteiger partial charge in [0.1, 0.15) is 16.5 Å². The fraction of sp³-hybridized carbons (Fsp3) is 0.0500. The minimum atomic E-state index is -0.385. The number of phenolic OH excluding ortho intramolecular Hbond substituents is 1. The first-order chi connectivity index (χ1) is 12.5. The molecular weight excluding hydrogens is 391 g/mol. The molecule has 0 saturated heterocycles. The molecule has 0 aliphatic heterocycles. The van der Waals surface area contributed by atoms with Gasteiger partial charge in [0.05, 0.1) is 17.7 Å². The van der Waals surface area contributed by atoms with E-state index in [1.54, 1.807) is 24.5 Å². The molecule has 3 nitrogen and oxygen atoms in total. The maximum atomic E-state index is 12.4. The van der Waals surface area contributed by atoms with Crippen LogP contribution in [-0.4, -0.2) is 18.0 Å². The number of ether oxygens (including phenoxy) is 1. The molecule has 0 fully saturated rings. The molecule has 3 rings (SSSR count). The van der Waals surface area contributed by atoms with Crippen molar-refractivity contribution in [1.29, 1.82) is 0 Å². The zero-order valence-corrected chi connectivity index (χ0v) is 16.0. The molecule has 0 aliphatic rings. The average Bonchev–Trinajstić information content (AvgIpc) is 3.19. The van der Waals surface area contributed by atoms with Crippen LogP contribution < -0.4 is 4.74 Å². The number of benzene rings is 2. The molecule has 6 heteroatoms. The molecule has 0 radical (unpaired) electrons. The SMILES string of the molecule is COc1ccc(-c2cccs2)cc1/C=C/C(=O)c1ccc(Cl)c(Cl)c1O. The van der Waals surface area contributed by atoms with E-state index in [0.717, 1.165) is 16.0 Å². The first-order valence-corrected chi connectivity index (χ1v) is 9.26. The summed E-state index contributed by atoms with van der Waals surface area (Å²) in [6.07, 6.45) is 3.02. The van der Waals surface area contributed by atoms with Crippen LogP contribution in [0.2, 0.25) is 10.0 Å². The smallest absolute Gasteiger partial charge is 0.189 e. The molecular formula is C20H14Cl2O3S. The van der Waals surface area contributed by atoms with E-state index in [4.69, 9.17) is 27.9 Å². The molecule has 26 heavy (non-hydrogen) atoms. The summed E-state index contributed by atoms with van der Waals surface area (Å²) in [5, 5.41) is 12.2. The topological polar surface area (TPSA) is 46.5 Å². The Balaban J connectivity index is 1.93. The number of hydrogen-bond donors (Lipinski definition) is 1. The highest BCUT2D eigenvalue weighted by Crippen LogP contribution is 2.35. The number of aromatic hydroxyl groups is 1. The lowest BCUT2D eigenvalue weighted by Gasteiger charge is -2.07. The third kappa shape index (κ3) is 3.78. The van der Waals surface area contributed by atoms with Gasteiger partial charge >= 0.3 is 0 Å². The van der Waals surface area contributed by atoms with E-state index in [0.29, 0.717) is 5.75 Å². The number of methoxy groups -OCH3 is 1. The maximum Gasteiger partial charge on any atom is 0.189 e. The summed E-state index contributed by atoms with van der Waals surface area (Å²) in [7, 11) is 1.57. The number of rotatable bonds is 5. The number of hydrogen-bond acceptors (Lipinski definition) is 4. The predicted molar refractivity (Wildman–Crippen MR) is 108 cm³/mol. The van der Waals surface area contributed by atoms with Crippen LogP contribution in [0.15, 0.2) is 53.9 Å². The van der Waals surface area contributed by atoms with Gasteiger partial charge in [0.15, 0.2) is 5.78 Å². The molecule has 1 N–H and O–H groups in total. The van der Waals surface area contributed by atoms with Gasteiger partial charge in [-0.3, -0.25) is 4.79 Å². The molecule has 0 atom stereocenters. The second kappa shape index (κ2) is 7.96. The lowest BCUT2D eigenvalue weighted by Crippen LogP contribution is -1.96. The summed E-state index contributed by atoms with van der Waals surface area (Å²) in [6, 6.07) is 12.7. The molecule has 0 spiro atoms. The minimum Gasteiger partial charge on any atom is -0.506 e. The lowest BCUT2D eigenvalue weighted by molar-refractivity contribution is 0.104. The van der Waals surface area contributed by atoms with Crippen molar-refractivity contribution in [1.82, 2.24) is 0 Å². The summed E-state index contributed by atoms with van der Waals surface area (Å²) in [6.45, 7) is 0. The van der Waals surface area contributed by atoms with Crippen LogP contribution in [0.1, 0.15) is 15.9 Å². The predicted octanol–water partition coefficient (Wildman–Crippen LogP) is 6.33. The molecule has 2 aromatic carbocycles. The number of thiophene rings is 1. The molecule has 132 valence electrons. The number of ketones is 1. The highest BCUT2D eigenvalue weighted by Gasteiger charge is 2.14. The fourth-order valence-electron chi connectivity index (χ4n) is 2.45. The quantitative estimate of drug-likeness (QED) is 0.398. The average molecular weight is 405 g/mol. The van der Waals surface area contributed by atoms with Gasteiger partial charge in [0, 0.05) is 10.4 Å². The molecule has 1 aromatic heterocycles. The zero-order valence-electron chi connectivity index (χ0n) is 13.7. The molecule has 0 bridgehead atoms. The number of carbonyl (C=O) groups excluding carboxylic acids is 1. The molecule has 1 heterocycles. The second-order valence-corrected chi connectivity index (χ2v) is 7.12. The van der Waals surface area contributed by atoms with Gasteiger partial charge in [-0.1, -0.05) is 29.3 Å². The van der Waals surface area contributed by atoms with Gasteiger partial charge in [-0.05, 0) is 59.5 Å². The lowest BCUT2D eigenvalue weighted by atomic mass is 10.1. The molecule has 0 aliphatic carbocycles. The summed E-state index contributed by atoms with van der Waals surface area (Å²) in [5.74, 6) is -0.0644. The summed E-state index contributed by atoms with van der Waals surface area (Å²) in [5.41, 5.74) is 1.88. The van der Waals surface area contributed by atoms with Crippen molar-refractivity contribution < 1.29 is 14.6 Å². The van der Waals surface area contributed by atoms with Crippen LogP contribution in [-0.2, 0) is 0 Å². The Morgan fingerprint density at radius 1 is 1.19 bits per heavy atom. The highest BCUT2D eigenvalue weighted by atomic mass is 35.5. The van der Waals surface area contributed by atoms with Crippen molar-refractivity contribution in [3.63, 3.8) is 0 Å². The van der Waals surface area contributed by atoms with Crippen LogP contribution in [0.5, 0.6) is 11.5 Å². The summed E-state index contributed by atoms with van der Waals surface area (Å²) in [4.78, 5) is 13.5. The Kier molecular flexibility index (Phi) is 5.67. The first-order valence-electron chi connectivity index (χ1n) is 7.62. The number of allylic oxidation sites excluding steroid dienone is 1. The Hall–Kier alpha value is -2.27. The third-order valence-corrected chi connectivity index (χ3v) is 5.50. The van der Waals surface area contributed by atoms with Gasteiger partial charge in [-0.15, -0.1) is 11.3 Å². The monoisotopic (exact) mass is 404 g/mol. The van der Waals surface area contributed by atoms with E-state index in [9.17, 15) is 9.90 Å². The highest BCUT2D eigenvalue weighted by molar-refractivity contribution is 7.13. The second-order valence-electron chi connectivity index (χ2n) is 5.39. The maximum absolute atomic E-state index is 12.4. The Morgan fingerprint density at radius 2 is 2.00 bits per heavy atom. The third-order valence-electron chi connectivity index (χ3n) is 3.78. The standard InChI is InChI=1S/C20H14Cl2O3S/c1-25-17-9-5-13(18-3-2-10-26-18)11-12(17)4-8-16(23)14-6-7-15(21)19(22)20(14)24/h2-11,24H,1H3/b8-4+. The Labute approximate surface area is 165 Å². The van der Waals surface area contributed by atoms with Crippen LogP contribution >= 0.6 is 34.5 Å². The van der Waals surface area contributed by atoms with Crippen molar-refractivity contribution in [2.75, 3.05) is 7.11 Å². The van der Waals surface area contributed by atoms with E-state index >= 15 is 0 Å². The normalized spacial score (nSPS) is 11.0. The van der Waals surface area contributed by atoms with Gasteiger partial charge in [-0.25, -0.2) is 0 Å². The van der Waals surface area contributed by atoms with Gasteiger partial charge in [-0.2, -0.15) is 0 Å². The summed E-state index contributed by atoms with van der Waals surface area (Å²) < 4.78 is 5.37. The van der Waals surface area contributed by atoms with Crippen LogP contribution in [0, 0.1) is 0 Å². The van der Waals surface area contributed by atoms with E-state index in [1.807, 2.05) is 35.7 Å². The molecule has 0 unspecified atom stereocenters.